The summed E-state index contributed by atoms with van der Waals surface area (Å²) in [6.07, 6.45) is 4.41. The Bertz CT molecular complexity index is 402. The van der Waals surface area contributed by atoms with Crippen molar-refractivity contribution < 1.29 is 9.84 Å². The quantitative estimate of drug-likeness (QED) is 0.799. The first-order valence-electron chi connectivity index (χ1n) is 8.25. The van der Waals surface area contributed by atoms with E-state index in [9.17, 15) is 5.11 Å². The lowest BCUT2D eigenvalue weighted by molar-refractivity contribution is 0.0345. The summed E-state index contributed by atoms with van der Waals surface area (Å²) < 4.78 is 5.45. The molecule has 1 aliphatic rings. The molecule has 0 bridgehead atoms. The molecule has 1 aliphatic heterocycles. The summed E-state index contributed by atoms with van der Waals surface area (Å²) in [6.45, 7) is 7.31. The molecule has 1 atom stereocenters. The first-order valence-corrected chi connectivity index (χ1v) is 8.25. The number of rotatable bonds is 8. The van der Waals surface area contributed by atoms with Crippen molar-refractivity contribution in [3.8, 4) is 0 Å². The largest absolute Gasteiger partial charge is 0.396 e. The zero-order valence-corrected chi connectivity index (χ0v) is 13.2. The van der Waals surface area contributed by atoms with E-state index in [4.69, 9.17) is 4.74 Å². The number of aliphatic hydroxyl groups excluding tert-OH is 1. The van der Waals surface area contributed by atoms with E-state index in [1.54, 1.807) is 0 Å². The number of hydrogen-bond donors (Lipinski definition) is 1. The van der Waals surface area contributed by atoms with Crippen LogP contribution in [0.2, 0.25) is 0 Å². The second kappa shape index (κ2) is 9.19. The van der Waals surface area contributed by atoms with Gasteiger partial charge in [-0.3, -0.25) is 4.90 Å². The lowest BCUT2D eigenvalue weighted by atomic mass is 9.88. The van der Waals surface area contributed by atoms with Crippen LogP contribution in [0.3, 0.4) is 0 Å². The Labute approximate surface area is 128 Å². The molecule has 3 nitrogen and oxygen atoms in total. The zero-order valence-electron chi connectivity index (χ0n) is 13.2. The summed E-state index contributed by atoms with van der Waals surface area (Å²) >= 11 is 0. The van der Waals surface area contributed by atoms with Crippen LogP contribution in [0.25, 0.3) is 0 Å². The number of nitrogens with zero attached hydrogens (tertiary/aromatic N) is 1. The summed E-state index contributed by atoms with van der Waals surface area (Å²) in [7, 11) is 0. The normalized spacial score (nSPS) is 17.8. The average Bonchev–Trinajstić information content (AvgIpc) is 2.53. The van der Waals surface area contributed by atoms with Crippen molar-refractivity contribution in [2.45, 2.75) is 38.5 Å². The molecule has 3 heteroatoms. The number of hydrogen-bond acceptors (Lipinski definition) is 3. The summed E-state index contributed by atoms with van der Waals surface area (Å²) in [5.41, 5.74) is 2.57. The molecule has 1 aromatic rings. The molecule has 1 fully saturated rings. The molecule has 0 aromatic heterocycles. The molecule has 21 heavy (non-hydrogen) atoms. The Kier molecular flexibility index (Phi) is 7.20. The average molecular weight is 290 g/mol. The summed E-state index contributed by atoms with van der Waals surface area (Å²) in [4.78, 5) is 2.51. The van der Waals surface area contributed by atoms with Gasteiger partial charge in [-0.1, -0.05) is 38.0 Å². The van der Waals surface area contributed by atoms with Crippen LogP contribution < -0.4 is 0 Å². The fourth-order valence-corrected chi connectivity index (χ4v) is 3.08. The van der Waals surface area contributed by atoms with Crippen LogP contribution in [0, 0.1) is 6.07 Å². The van der Waals surface area contributed by atoms with Crippen LogP contribution in [0.1, 0.15) is 43.2 Å². The second-order valence-corrected chi connectivity index (χ2v) is 5.83. The minimum Gasteiger partial charge on any atom is -0.396 e. The maximum Gasteiger partial charge on any atom is 0.0594 e. The summed E-state index contributed by atoms with van der Waals surface area (Å²) in [6, 6.07) is 9.63. The van der Waals surface area contributed by atoms with Crippen LogP contribution in [-0.2, 0) is 11.2 Å². The van der Waals surface area contributed by atoms with E-state index >= 15 is 0 Å². The monoisotopic (exact) mass is 290 g/mol. The van der Waals surface area contributed by atoms with Crippen LogP contribution in [0.5, 0.6) is 0 Å². The molecule has 1 aromatic carbocycles. The minimum absolute atomic E-state index is 0.211. The number of benzene rings is 1. The minimum atomic E-state index is 0.211. The molecule has 2 rings (SSSR count). The van der Waals surface area contributed by atoms with Crippen LogP contribution >= 0.6 is 0 Å². The first-order chi connectivity index (χ1) is 10.3. The van der Waals surface area contributed by atoms with Gasteiger partial charge in [-0.2, -0.15) is 0 Å². The summed E-state index contributed by atoms with van der Waals surface area (Å²) in [5, 5.41) is 9.28. The van der Waals surface area contributed by atoms with Crippen molar-refractivity contribution in [2.75, 3.05) is 39.5 Å². The van der Waals surface area contributed by atoms with Crippen molar-refractivity contribution in [3.63, 3.8) is 0 Å². The van der Waals surface area contributed by atoms with E-state index in [0.29, 0.717) is 5.92 Å². The molecule has 1 N–H and O–H groups in total. The highest BCUT2D eigenvalue weighted by Crippen LogP contribution is 2.27. The number of unbranched alkanes of at least 4 members (excludes halogenated alkanes) is 1. The molecular weight excluding hydrogens is 262 g/mol. The van der Waals surface area contributed by atoms with Crippen molar-refractivity contribution >= 4 is 0 Å². The second-order valence-electron chi connectivity index (χ2n) is 5.83. The van der Waals surface area contributed by atoms with Gasteiger partial charge in [0.15, 0.2) is 0 Å². The smallest absolute Gasteiger partial charge is 0.0594 e. The highest BCUT2D eigenvalue weighted by atomic mass is 16.5. The molecule has 0 spiro atoms. The Morgan fingerprint density at radius 1 is 1.38 bits per heavy atom. The molecule has 0 saturated carbocycles. The van der Waals surface area contributed by atoms with E-state index in [-0.39, 0.29) is 6.61 Å². The number of ether oxygens (including phenoxy) is 1. The zero-order chi connectivity index (χ0) is 14.9. The maximum absolute atomic E-state index is 9.28. The van der Waals surface area contributed by atoms with Gasteiger partial charge in [0.2, 0.25) is 0 Å². The third-order valence-electron chi connectivity index (χ3n) is 4.26. The van der Waals surface area contributed by atoms with E-state index in [1.807, 2.05) is 12.1 Å². The molecule has 117 valence electrons. The van der Waals surface area contributed by atoms with Gasteiger partial charge in [-0.05, 0) is 36.0 Å². The van der Waals surface area contributed by atoms with Gasteiger partial charge < -0.3 is 9.84 Å². The third kappa shape index (κ3) is 5.10. The van der Waals surface area contributed by atoms with Gasteiger partial charge in [-0.15, -0.1) is 0 Å². The summed E-state index contributed by atoms with van der Waals surface area (Å²) in [5.74, 6) is 0.519. The van der Waals surface area contributed by atoms with Gasteiger partial charge in [0.25, 0.3) is 0 Å². The third-order valence-corrected chi connectivity index (χ3v) is 4.26. The van der Waals surface area contributed by atoms with E-state index in [2.05, 4.69) is 24.0 Å². The van der Waals surface area contributed by atoms with E-state index in [0.717, 1.165) is 39.3 Å². The molecular formula is C18H28NO2. The van der Waals surface area contributed by atoms with Gasteiger partial charge in [0.05, 0.1) is 13.2 Å². The topological polar surface area (TPSA) is 32.7 Å². The standard InChI is InChI=1S/C18H28NO2/c1-2-3-6-17(15-19-10-13-21-14-11-19)18-8-5-4-7-16(18)9-12-20/h4-5,7,17,20H,2-3,6,9-15H2,1H3. The van der Waals surface area contributed by atoms with Crippen LogP contribution in [0.4, 0.5) is 0 Å². The van der Waals surface area contributed by atoms with Crippen molar-refractivity contribution in [2.24, 2.45) is 0 Å². The van der Waals surface area contributed by atoms with Crippen LogP contribution in [0.15, 0.2) is 18.2 Å². The fraction of sp³-hybridized carbons (Fsp3) is 0.667. The Morgan fingerprint density at radius 3 is 2.90 bits per heavy atom. The van der Waals surface area contributed by atoms with Gasteiger partial charge in [0, 0.05) is 26.2 Å². The molecule has 1 heterocycles. The number of aliphatic hydroxyl groups is 1. The van der Waals surface area contributed by atoms with Crippen molar-refractivity contribution in [1.29, 1.82) is 0 Å². The van der Waals surface area contributed by atoms with Gasteiger partial charge in [0.1, 0.15) is 0 Å². The fourth-order valence-electron chi connectivity index (χ4n) is 3.08. The van der Waals surface area contributed by atoms with E-state index in [1.165, 1.54) is 30.4 Å². The predicted octanol–water partition coefficient (Wildman–Crippen LogP) is 2.63. The van der Waals surface area contributed by atoms with Crippen molar-refractivity contribution in [3.05, 3.63) is 35.4 Å². The SMILES string of the molecule is CCCCC(CN1CCOCC1)c1[c]cccc1CCO. The Balaban J connectivity index is 2.10. The van der Waals surface area contributed by atoms with Gasteiger partial charge in [-0.25, -0.2) is 0 Å². The molecule has 1 radical (unpaired) electrons. The predicted molar refractivity (Wildman–Crippen MR) is 85.6 cm³/mol. The van der Waals surface area contributed by atoms with Crippen molar-refractivity contribution in [1.82, 2.24) is 4.90 Å². The van der Waals surface area contributed by atoms with Crippen LogP contribution in [-0.4, -0.2) is 49.5 Å². The first kappa shape index (κ1) is 16.5. The maximum atomic E-state index is 9.28. The molecule has 0 aliphatic carbocycles. The molecule has 1 unspecified atom stereocenters. The Morgan fingerprint density at radius 2 is 2.19 bits per heavy atom. The highest BCUT2D eigenvalue weighted by Gasteiger charge is 2.20. The molecule has 0 amide bonds. The lowest BCUT2D eigenvalue weighted by Crippen LogP contribution is -2.39. The molecule has 1 saturated heterocycles. The lowest BCUT2D eigenvalue weighted by Gasteiger charge is -2.31. The highest BCUT2D eigenvalue weighted by molar-refractivity contribution is 5.30. The Hall–Kier alpha value is -0.900. The number of morpholine rings is 1. The van der Waals surface area contributed by atoms with Gasteiger partial charge >= 0.3 is 0 Å². The van der Waals surface area contributed by atoms with E-state index < -0.39 is 0 Å².